The van der Waals surface area contributed by atoms with E-state index in [9.17, 15) is 5.26 Å². The fourth-order valence-corrected chi connectivity index (χ4v) is 4.27. The van der Waals surface area contributed by atoms with Crippen LogP contribution in [0.3, 0.4) is 0 Å². The lowest BCUT2D eigenvalue weighted by atomic mass is 10.2. The summed E-state index contributed by atoms with van der Waals surface area (Å²) in [6.07, 6.45) is 0.846. The first-order valence-electron chi connectivity index (χ1n) is 8.02. The summed E-state index contributed by atoms with van der Waals surface area (Å²) in [7, 11) is 0. The van der Waals surface area contributed by atoms with Crippen LogP contribution in [0.2, 0.25) is 0 Å². The van der Waals surface area contributed by atoms with Gasteiger partial charge in [0, 0.05) is 16.3 Å². The number of hydrogen-bond acceptors (Lipinski definition) is 6. The van der Waals surface area contributed by atoms with Gasteiger partial charge in [-0.05, 0) is 43.0 Å². The number of rotatable bonds is 5. The molecule has 3 aromatic rings. The first-order chi connectivity index (χ1) is 11.7. The van der Waals surface area contributed by atoms with E-state index in [4.69, 9.17) is 5.73 Å². The van der Waals surface area contributed by atoms with Gasteiger partial charge in [-0.3, -0.25) is 0 Å². The zero-order valence-corrected chi connectivity index (χ0v) is 15.9. The smallest absolute Gasteiger partial charge is 0.143 e. The van der Waals surface area contributed by atoms with Crippen molar-refractivity contribution in [2.24, 2.45) is 5.73 Å². The minimum atomic E-state index is 0.446. The summed E-state index contributed by atoms with van der Waals surface area (Å²) in [6.45, 7) is 7.43. The van der Waals surface area contributed by atoms with Crippen molar-refractivity contribution in [1.29, 1.82) is 5.26 Å². The Labute approximate surface area is 151 Å². The van der Waals surface area contributed by atoms with E-state index in [1.807, 2.05) is 26.0 Å². The second-order valence-electron chi connectivity index (χ2n) is 4.97. The van der Waals surface area contributed by atoms with Crippen LogP contribution >= 0.6 is 22.7 Å². The normalized spacial score (nSPS) is 10.1. The largest absolute Gasteiger partial charge is 0.379 e. The van der Waals surface area contributed by atoms with Gasteiger partial charge in [-0.25, -0.2) is 4.98 Å². The lowest BCUT2D eigenvalue weighted by Crippen LogP contribution is -2.01. The Kier molecular flexibility index (Phi) is 6.73. The van der Waals surface area contributed by atoms with Gasteiger partial charge in [0.15, 0.2) is 0 Å². The highest BCUT2D eigenvalue weighted by atomic mass is 32.1. The Balaban J connectivity index is 0.00000100. The van der Waals surface area contributed by atoms with Crippen LogP contribution in [0.5, 0.6) is 0 Å². The number of nitrogens with zero attached hydrogens (tertiary/aromatic N) is 2. The number of anilines is 1. The molecule has 3 aromatic heterocycles. The van der Waals surface area contributed by atoms with Crippen molar-refractivity contribution < 1.29 is 0 Å². The van der Waals surface area contributed by atoms with E-state index in [-0.39, 0.29) is 0 Å². The molecule has 126 valence electrons. The number of aromatic nitrogens is 1. The van der Waals surface area contributed by atoms with E-state index in [2.05, 4.69) is 34.7 Å². The summed E-state index contributed by atoms with van der Waals surface area (Å²) >= 11 is 3.44. The standard InChI is InChI=1S/C16H16N4S2.C2H6/c1-10-14(4-5-17)22-16-13(7-11(8-18)20-15(10)16)19-9-12-3-2-6-21-12;1-2/h2-3,6-7H,4-5,9,17H2,1H3,(H,19,20);1-2H3. The van der Waals surface area contributed by atoms with Gasteiger partial charge in [-0.2, -0.15) is 5.26 Å². The maximum atomic E-state index is 9.22. The first-order valence-corrected chi connectivity index (χ1v) is 9.72. The summed E-state index contributed by atoms with van der Waals surface area (Å²) in [6, 6.07) is 8.12. The average Bonchev–Trinajstić information content (AvgIpc) is 3.24. The SMILES string of the molecule is CC.Cc1c(CCN)sc2c(NCc3cccs3)cc(C#N)nc12. The summed E-state index contributed by atoms with van der Waals surface area (Å²) in [5.74, 6) is 0. The van der Waals surface area contributed by atoms with E-state index in [0.29, 0.717) is 12.2 Å². The molecule has 0 atom stereocenters. The summed E-state index contributed by atoms with van der Waals surface area (Å²) in [4.78, 5) is 6.99. The predicted molar refractivity (Wildman–Crippen MR) is 105 cm³/mol. The van der Waals surface area contributed by atoms with E-state index >= 15 is 0 Å². The molecule has 3 N–H and O–H groups in total. The third kappa shape index (κ3) is 3.93. The Morgan fingerprint density at radius 3 is 2.79 bits per heavy atom. The number of pyridine rings is 1. The highest BCUT2D eigenvalue weighted by molar-refractivity contribution is 7.19. The molecule has 0 radical (unpaired) electrons. The molecule has 0 aromatic carbocycles. The van der Waals surface area contributed by atoms with Crippen molar-refractivity contribution in [2.75, 3.05) is 11.9 Å². The van der Waals surface area contributed by atoms with Crippen molar-refractivity contribution in [3.63, 3.8) is 0 Å². The molecule has 3 rings (SSSR count). The van der Waals surface area contributed by atoms with Gasteiger partial charge in [-0.15, -0.1) is 22.7 Å². The lowest BCUT2D eigenvalue weighted by Gasteiger charge is -2.06. The maximum absolute atomic E-state index is 9.22. The van der Waals surface area contributed by atoms with Crippen LogP contribution in [-0.2, 0) is 13.0 Å². The topological polar surface area (TPSA) is 74.7 Å². The number of thiophene rings is 2. The maximum Gasteiger partial charge on any atom is 0.143 e. The van der Waals surface area contributed by atoms with E-state index in [1.165, 1.54) is 9.75 Å². The lowest BCUT2D eigenvalue weighted by molar-refractivity contribution is 0.981. The Hall–Kier alpha value is -1.94. The average molecular weight is 359 g/mol. The Morgan fingerprint density at radius 2 is 2.17 bits per heavy atom. The number of nitriles is 1. The fourth-order valence-electron chi connectivity index (χ4n) is 2.38. The van der Waals surface area contributed by atoms with Crippen LogP contribution in [0.15, 0.2) is 23.6 Å². The third-order valence-electron chi connectivity index (χ3n) is 3.49. The summed E-state index contributed by atoms with van der Waals surface area (Å²) in [5, 5.41) is 14.7. The number of hydrogen-bond donors (Lipinski definition) is 2. The van der Waals surface area contributed by atoms with Crippen LogP contribution in [0.4, 0.5) is 5.69 Å². The summed E-state index contributed by atoms with van der Waals surface area (Å²) < 4.78 is 1.11. The predicted octanol–water partition coefficient (Wildman–Crippen LogP) is 4.68. The molecular weight excluding hydrogens is 336 g/mol. The molecule has 0 bridgehead atoms. The molecule has 0 aliphatic heterocycles. The van der Waals surface area contributed by atoms with Crippen LogP contribution < -0.4 is 11.1 Å². The molecular formula is C18H22N4S2. The van der Waals surface area contributed by atoms with E-state index < -0.39 is 0 Å². The van der Waals surface area contributed by atoms with Gasteiger partial charge in [0.2, 0.25) is 0 Å². The zero-order chi connectivity index (χ0) is 17.5. The molecule has 0 saturated heterocycles. The molecule has 4 nitrogen and oxygen atoms in total. The molecule has 24 heavy (non-hydrogen) atoms. The quantitative estimate of drug-likeness (QED) is 0.694. The zero-order valence-electron chi connectivity index (χ0n) is 14.2. The van der Waals surface area contributed by atoms with Crippen molar-refractivity contribution in [2.45, 2.75) is 33.7 Å². The Morgan fingerprint density at radius 1 is 1.38 bits per heavy atom. The molecule has 0 amide bonds. The third-order valence-corrected chi connectivity index (χ3v) is 5.74. The molecule has 0 aliphatic rings. The fraction of sp³-hybridized carbons (Fsp3) is 0.333. The van der Waals surface area contributed by atoms with Gasteiger partial charge >= 0.3 is 0 Å². The van der Waals surface area contributed by atoms with Gasteiger partial charge < -0.3 is 11.1 Å². The van der Waals surface area contributed by atoms with Crippen LogP contribution in [0.1, 0.15) is 34.9 Å². The minimum absolute atomic E-state index is 0.446. The number of fused-ring (bicyclic) bond motifs is 1. The van der Waals surface area contributed by atoms with Gasteiger partial charge in [-0.1, -0.05) is 19.9 Å². The van der Waals surface area contributed by atoms with Crippen molar-refractivity contribution >= 4 is 38.6 Å². The number of nitrogens with one attached hydrogen (secondary N) is 1. The molecule has 0 spiro atoms. The molecule has 0 unspecified atom stereocenters. The van der Waals surface area contributed by atoms with Gasteiger partial charge in [0.05, 0.1) is 15.9 Å². The summed E-state index contributed by atoms with van der Waals surface area (Å²) in [5.41, 5.74) is 9.17. The van der Waals surface area contributed by atoms with Crippen LogP contribution in [0.25, 0.3) is 10.2 Å². The van der Waals surface area contributed by atoms with Crippen molar-refractivity contribution in [1.82, 2.24) is 4.98 Å². The highest BCUT2D eigenvalue weighted by Gasteiger charge is 2.14. The molecule has 3 heterocycles. The second-order valence-corrected chi connectivity index (χ2v) is 7.10. The number of nitrogens with two attached hydrogens (primary N) is 1. The highest BCUT2D eigenvalue weighted by Crippen LogP contribution is 2.35. The Bertz CT molecular complexity index is 829. The first kappa shape index (κ1) is 18.4. The molecule has 0 aliphatic carbocycles. The molecule has 0 saturated carbocycles. The monoisotopic (exact) mass is 358 g/mol. The van der Waals surface area contributed by atoms with Crippen LogP contribution in [0, 0.1) is 18.3 Å². The molecule has 6 heteroatoms. The van der Waals surface area contributed by atoms with Gasteiger partial charge in [0.1, 0.15) is 11.8 Å². The van der Waals surface area contributed by atoms with Crippen molar-refractivity contribution in [3.05, 3.63) is 44.6 Å². The minimum Gasteiger partial charge on any atom is -0.379 e. The van der Waals surface area contributed by atoms with Crippen LogP contribution in [-0.4, -0.2) is 11.5 Å². The van der Waals surface area contributed by atoms with E-state index in [1.54, 1.807) is 22.7 Å². The number of aryl methyl sites for hydroxylation is 1. The molecule has 0 fully saturated rings. The van der Waals surface area contributed by atoms with E-state index in [0.717, 1.165) is 34.4 Å². The van der Waals surface area contributed by atoms with Crippen molar-refractivity contribution in [3.8, 4) is 6.07 Å². The second kappa shape index (κ2) is 8.78. The van der Waals surface area contributed by atoms with Gasteiger partial charge in [0.25, 0.3) is 0 Å².